The van der Waals surface area contributed by atoms with Crippen LogP contribution in [-0.2, 0) is 14.9 Å². The summed E-state index contributed by atoms with van der Waals surface area (Å²) in [7, 11) is 0. The summed E-state index contributed by atoms with van der Waals surface area (Å²) in [5.41, 5.74) is 9.10. The Morgan fingerprint density at radius 3 is 2.50 bits per heavy atom. The average Bonchev–Trinajstić information content (AvgIpc) is 2.78. The van der Waals surface area contributed by atoms with E-state index in [-0.39, 0.29) is 5.91 Å². The Balaban J connectivity index is 1.91. The molecule has 4 heteroatoms. The highest BCUT2D eigenvalue weighted by Gasteiger charge is 2.51. The Morgan fingerprint density at radius 2 is 1.77 bits per heavy atom. The number of anilines is 3. The number of para-hydroxylation sites is 1. The number of nitrogens with two attached hydrogens (primary N) is 1. The van der Waals surface area contributed by atoms with E-state index in [4.69, 9.17) is 10.5 Å². The van der Waals surface area contributed by atoms with E-state index in [9.17, 15) is 4.79 Å². The van der Waals surface area contributed by atoms with Crippen LogP contribution in [0.2, 0.25) is 0 Å². The Labute approximate surface area is 129 Å². The standard InChI is InChI=1S/C18H18N2O2/c19-13-6-7-16-15(12-13)18(8-10-22-11-9-18)17(21)20(16)14-4-2-1-3-5-14/h1-7,12H,8-11,19H2. The molecule has 1 fully saturated rings. The molecule has 0 atom stereocenters. The van der Waals surface area contributed by atoms with Crippen molar-refractivity contribution in [3.8, 4) is 0 Å². The van der Waals surface area contributed by atoms with Crippen molar-refractivity contribution >= 4 is 23.0 Å². The van der Waals surface area contributed by atoms with Crippen LogP contribution in [0.3, 0.4) is 0 Å². The lowest BCUT2D eigenvalue weighted by molar-refractivity contribution is -0.125. The third-order valence-corrected chi connectivity index (χ3v) is 4.75. The molecule has 1 amide bonds. The first-order valence-corrected chi connectivity index (χ1v) is 7.60. The van der Waals surface area contributed by atoms with Crippen LogP contribution >= 0.6 is 0 Å². The van der Waals surface area contributed by atoms with Crippen molar-refractivity contribution in [2.45, 2.75) is 18.3 Å². The van der Waals surface area contributed by atoms with E-state index < -0.39 is 5.41 Å². The van der Waals surface area contributed by atoms with Gasteiger partial charge in [0.15, 0.2) is 0 Å². The van der Waals surface area contributed by atoms with Gasteiger partial charge in [-0.2, -0.15) is 0 Å². The number of benzene rings is 2. The van der Waals surface area contributed by atoms with Gasteiger partial charge in [-0.3, -0.25) is 9.69 Å². The van der Waals surface area contributed by atoms with Crippen molar-refractivity contribution in [1.82, 2.24) is 0 Å². The van der Waals surface area contributed by atoms with Crippen molar-refractivity contribution in [3.05, 3.63) is 54.1 Å². The molecular formula is C18H18N2O2. The molecule has 0 unspecified atom stereocenters. The molecule has 0 bridgehead atoms. The molecule has 2 aliphatic heterocycles. The summed E-state index contributed by atoms with van der Waals surface area (Å²) in [5.74, 6) is 0.141. The monoisotopic (exact) mass is 294 g/mol. The highest BCUT2D eigenvalue weighted by Crippen LogP contribution is 2.50. The minimum Gasteiger partial charge on any atom is -0.399 e. The second-order valence-electron chi connectivity index (χ2n) is 5.95. The summed E-state index contributed by atoms with van der Waals surface area (Å²) in [6, 6.07) is 15.6. The summed E-state index contributed by atoms with van der Waals surface area (Å²) in [6.45, 7) is 1.23. The van der Waals surface area contributed by atoms with Crippen LogP contribution in [-0.4, -0.2) is 19.1 Å². The Hall–Kier alpha value is -2.33. The van der Waals surface area contributed by atoms with Gasteiger partial charge in [0.1, 0.15) is 0 Å². The van der Waals surface area contributed by atoms with Gasteiger partial charge in [-0.25, -0.2) is 0 Å². The van der Waals surface area contributed by atoms with E-state index >= 15 is 0 Å². The zero-order chi connectivity index (χ0) is 15.2. The van der Waals surface area contributed by atoms with Gasteiger partial charge < -0.3 is 10.5 Å². The summed E-state index contributed by atoms with van der Waals surface area (Å²) in [5, 5.41) is 0. The number of amides is 1. The number of carbonyl (C=O) groups is 1. The molecule has 4 nitrogen and oxygen atoms in total. The molecule has 2 aromatic carbocycles. The average molecular weight is 294 g/mol. The second kappa shape index (κ2) is 4.85. The van der Waals surface area contributed by atoms with Crippen LogP contribution in [0.5, 0.6) is 0 Å². The minimum absolute atomic E-state index is 0.141. The molecule has 2 aliphatic rings. The maximum absolute atomic E-state index is 13.3. The third-order valence-electron chi connectivity index (χ3n) is 4.75. The third kappa shape index (κ3) is 1.77. The fraction of sp³-hybridized carbons (Fsp3) is 0.278. The van der Waals surface area contributed by atoms with Crippen molar-refractivity contribution in [3.63, 3.8) is 0 Å². The molecule has 1 spiro atoms. The topological polar surface area (TPSA) is 55.6 Å². The predicted octanol–water partition coefficient (Wildman–Crippen LogP) is 3.00. The molecule has 22 heavy (non-hydrogen) atoms. The van der Waals surface area contributed by atoms with Crippen molar-refractivity contribution < 1.29 is 9.53 Å². The maximum Gasteiger partial charge on any atom is 0.242 e. The SMILES string of the molecule is Nc1ccc2c(c1)C1(CCOCC1)C(=O)N2c1ccccc1. The van der Waals surface area contributed by atoms with Crippen LogP contribution in [0.15, 0.2) is 48.5 Å². The van der Waals surface area contributed by atoms with Gasteiger partial charge in [0.05, 0.1) is 11.1 Å². The van der Waals surface area contributed by atoms with E-state index in [0.29, 0.717) is 31.7 Å². The minimum atomic E-state index is -0.487. The highest BCUT2D eigenvalue weighted by atomic mass is 16.5. The lowest BCUT2D eigenvalue weighted by Crippen LogP contribution is -2.42. The molecule has 0 aliphatic carbocycles. The Bertz CT molecular complexity index is 721. The van der Waals surface area contributed by atoms with Crippen LogP contribution in [0, 0.1) is 0 Å². The van der Waals surface area contributed by atoms with Gasteiger partial charge in [-0.15, -0.1) is 0 Å². The molecule has 4 rings (SSSR count). The molecule has 2 aromatic rings. The maximum atomic E-state index is 13.3. The zero-order valence-electron chi connectivity index (χ0n) is 12.3. The molecule has 0 aromatic heterocycles. The lowest BCUT2D eigenvalue weighted by Gasteiger charge is -2.32. The second-order valence-corrected chi connectivity index (χ2v) is 5.95. The van der Waals surface area contributed by atoms with Crippen molar-refractivity contribution in [2.75, 3.05) is 23.8 Å². The van der Waals surface area contributed by atoms with E-state index in [0.717, 1.165) is 16.9 Å². The number of nitrogen functional groups attached to an aromatic ring is 1. The normalized spacial score (nSPS) is 19.5. The summed E-state index contributed by atoms with van der Waals surface area (Å²) < 4.78 is 5.49. The van der Waals surface area contributed by atoms with Crippen molar-refractivity contribution in [1.29, 1.82) is 0 Å². The quantitative estimate of drug-likeness (QED) is 0.823. The van der Waals surface area contributed by atoms with E-state index in [1.807, 2.05) is 53.4 Å². The van der Waals surface area contributed by atoms with Crippen LogP contribution in [0.25, 0.3) is 0 Å². The molecule has 1 saturated heterocycles. The molecule has 2 heterocycles. The van der Waals surface area contributed by atoms with Gasteiger partial charge >= 0.3 is 0 Å². The number of hydrogen-bond donors (Lipinski definition) is 1. The molecular weight excluding hydrogens is 276 g/mol. The number of nitrogens with zero attached hydrogens (tertiary/aromatic N) is 1. The molecule has 0 radical (unpaired) electrons. The number of hydrogen-bond acceptors (Lipinski definition) is 3. The number of ether oxygens (including phenoxy) is 1. The summed E-state index contributed by atoms with van der Waals surface area (Å²) in [6.07, 6.45) is 1.43. The Kier molecular flexibility index (Phi) is 2.94. The lowest BCUT2D eigenvalue weighted by atomic mass is 9.75. The summed E-state index contributed by atoms with van der Waals surface area (Å²) >= 11 is 0. The zero-order valence-corrected chi connectivity index (χ0v) is 12.3. The van der Waals surface area contributed by atoms with Crippen LogP contribution in [0.1, 0.15) is 18.4 Å². The molecule has 2 N–H and O–H groups in total. The number of rotatable bonds is 1. The molecule has 0 saturated carbocycles. The van der Waals surface area contributed by atoms with Crippen molar-refractivity contribution in [2.24, 2.45) is 0 Å². The van der Waals surface area contributed by atoms with Gasteiger partial charge in [-0.05, 0) is 48.7 Å². The predicted molar refractivity (Wildman–Crippen MR) is 86.2 cm³/mol. The van der Waals surface area contributed by atoms with E-state index in [1.165, 1.54) is 0 Å². The van der Waals surface area contributed by atoms with Crippen LogP contribution < -0.4 is 10.6 Å². The fourth-order valence-electron chi connectivity index (χ4n) is 3.61. The fourth-order valence-corrected chi connectivity index (χ4v) is 3.61. The first-order valence-electron chi connectivity index (χ1n) is 7.60. The Morgan fingerprint density at radius 1 is 1.05 bits per heavy atom. The van der Waals surface area contributed by atoms with Gasteiger partial charge in [0.2, 0.25) is 5.91 Å². The molecule has 112 valence electrons. The smallest absolute Gasteiger partial charge is 0.242 e. The van der Waals surface area contributed by atoms with Gasteiger partial charge in [0, 0.05) is 24.6 Å². The van der Waals surface area contributed by atoms with Crippen LogP contribution in [0.4, 0.5) is 17.1 Å². The first kappa shape index (κ1) is 13.3. The highest BCUT2D eigenvalue weighted by molar-refractivity contribution is 6.13. The summed E-state index contributed by atoms with van der Waals surface area (Å²) in [4.78, 5) is 15.1. The number of fused-ring (bicyclic) bond motifs is 2. The van der Waals surface area contributed by atoms with Gasteiger partial charge in [-0.1, -0.05) is 18.2 Å². The first-order chi connectivity index (χ1) is 10.7. The van der Waals surface area contributed by atoms with Gasteiger partial charge in [0.25, 0.3) is 0 Å². The largest absolute Gasteiger partial charge is 0.399 e. The van der Waals surface area contributed by atoms with E-state index in [1.54, 1.807) is 0 Å². The number of carbonyl (C=O) groups excluding carboxylic acids is 1. The van der Waals surface area contributed by atoms with E-state index in [2.05, 4.69) is 0 Å².